The molecule has 2 heterocycles. The van der Waals surface area contributed by atoms with Crippen LogP contribution in [0, 0.1) is 0 Å². The highest BCUT2D eigenvalue weighted by Crippen LogP contribution is 2.17. The predicted octanol–water partition coefficient (Wildman–Crippen LogP) is 2.11. The van der Waals surface area contributed by atoms with Crippen LogP contribution in [0.15, 0.2) is 41.6 Å². The lowest BCUT2D eigenvalue weighted by Gasteiger charge is -2.19. The van der Waals surface area contributed by atoms with E-state index in [2.05, 4.69) is 15.4 Å². The van der Waals surface area contributed by atoms with Crippen LogP contribution in [-0.2, 0) is 23.3 Å². The van der Waals surface area contributed by atoms with Gasteiger partial charge >= 0.3 is 0 Å². The summed E-state index contributed by atoms with van der Waals surface area (Å²) in [6.45, 7) is 6.80. The van der Waals surface area contributed by atoms with E-state index in [1.807, 2.05) is 45.0 Å². The molecule has 1 amide bonds. The zero-order chi connectivity index (χ0) is 21.0. The number of aryl methyl sites for hydroxylation is 1. The van der Waals surface area contributed by atoms with Crippen LogP contribution in [0.25, 0.3) is 11.0 Å². The molecule has 29 heavy (non-hydrogen) atoms. The Morgan fingerprint density at radius 1 is 1.28 bits per heavy atom. The molecular weight excluding hydrogens is 370 g/mol. The zero-order valence-corrected chi connectivity index (χ0v) is 17.3. The average molecular weight is 397 g/mol. The van der Waals surface area contributed by atoms with Crippen LogP contribution in [-0.4, -0.2) is 38.9 Å². The largest absolute Gasteiger partial charge is 0.497 e. The van der Waals surface area contributed by atoms with Gasteiger partial charge in [0.05, 0.1) is 25.2 Å². The minimum atomic E-state index is -0.268. The summed E-state index contributed by atoms with van der Waals surface area (Å²) in [5, 5.41) is 7.64. The summed E-state index contributed by atoms with van der Waals surface area (Å²) in [4.78, 5) is 29.2. The molecule has 3 rings (SSSR count). The van der Waals surface area contributed by atoms with Gasteiger partial charge in [-0.1, -0.05) is 12.1 Å². The van der Waals surface area contributed by atoms with Crippen molar-refractivity contribution in [2.45, 2.75) is 45.7 Å². The smallest absolute Gasteiger partial charge is 0.264 e. The van der Waals surface area contributed by atoms with Crippen LogP contribution >= 0.6 is 0 Å². The Bertz CT molecular complexity index is 1060. The van der Waals surface area contributed by atoms with E-state index in [-0.39, 0.29) is 30.0 Å². The molecule has 0 aliphatic carbocycles. The van der Waals surface area contributed by atoms with Crippen molar-refractivity contribution in [2.75, 3.05) is 13.7 Å². The molecule has 154 valence electrons. The van der Waals surface area contributed by atoms with E-state index in [9.17, 15) is 9.59 Å². The lowest BCUT2D eigenvalue weighted by molar-refractivity contribution is -0.121. The van der Waals surface area contributed by atoms with Gasteiger partial charge in [0.2, 0.25) is 5.91 Å². The summed E-state index contributed by atoms with van der Waals surface area (Å²) in [6.07, 6.45) is 3.94. The average Bonchev–Trinajstić information content (AvgIpc) is 3.13. The van der Waals surface area contributed by atoms with Gasteiger partial charge in [0.15, 0.2) is 5.65 Å². The Labute approximate surface area is 169 Å². The Morgan fingerprint density at radius 2 is 2.07 bits per heavy atom. The van der Waals surface area contributed by atoms with Crippen molar-refractivity contribution in [3.05, 3.63) is 52.7 Å². The normalized spacial score (nSPS) is 11.6. The number of aromatic nitrogens is 4. The van der Waals surface area contributed by atoms with Gasteiger partial charge in [0.25, 0.3) is 5.56 Å². The Balaban J connectivity index is 1.56. The highest BCUT2D eigenvalue weighted by atomic mass is 16.5. The molecule has 3 aromatic rings. The number of methoxy groups -OCH3 is 1. The molecule has 0 radical (unpaired) electrons. The second-order valence-corrected chi connectivity index (χ2v) is 7.91. The summed E-state index contributed by atoms with van der Waals surface area (Å²) >= 11 is 0. The Hall–Kier alpha value is -3.16. The fourth-order valence-electron chi connectivity index (χ4n) is 3.08. The lowest BCUT2D eigenvalue weighted by atomic mass is 10.1. The monoisotopic (exact) mass is 397 g/mol. The number of fused-ring (bicyclic) bond motifs is 1. The first kappa shape index (κ1) is 20.6. The fraction of sp³-hybridized carbons (Fsp3) is 0.429. The molecule has 0 atom stereocenters. The number of rotatable bonds is 7. The molecule has 0 unspecified atom stereocenters. The maximum atomic E-state index is 12.7. The van der Waals surface area contributed by atoms with E-state index in [1.54, 1.807) is 18.0 Å². The maximum absolute atomic E-state index is 12.7. The number of amides is 1. The molecule has 1 N–H and O–H groups in total. The molecule has 0 fully saturated rings. The molecule has 0 aliphatic rings. The highest BCUT2D eigenvalue weighted by molar-refractivity contribution is 5.76. The van der Waals surface area contributed by atoms with Gasteiger partial charge in [-0.3, -0.25) is 14.2 Å². The molecule has 1 aromatic carbocycles. The summed E-state index contributed by atoms with van der Waals surface area (Å²) in [5.74, 6) is 0.691. The Kier molecular flexibility index (Phi) is 6.00. The molecule has 0 saturated carbocycles. The number of benzene rings is 1. The molecule has 2 aromatic heterocycles. The number of carbonyl (C=O) groups is 1. The molecule has 0 bridgehead atoms. The van der Waals surface area contributed by atoms with Crippen LogP contribution in [0.2, 0.25) is 0 Å². The van der Waals surface area contributed by atoms with E-state index in [0.29, 0.717) is 24.0 Å². The summed E-state index contributed by atoms with van der Waals surface area (Å²) < 4.78 is 8.39. The third kappa shape index (κ3) is 4.82. The molecule has 8 heteroatoms. The predicted molar refractivity (Wildman–Crippen MR) is 111 cm³/mol. The van der Waals surface area contributed by atoms with Crippen LogP contribution in [0.5, 0.6) is 5.75 Å². The first-order valence-electron chi connectivity index (χ1n) is 9.63. The molecule has 8 nitrogen and oxygen atoms in total. The van der Waals surface area contributed by atoms with Gasteiger partial charge in [-0.2, -0.15) is 5.10 Å². The van der Waals surface area contributed by atoms with Crippen molar-refractivity contribution < 1.29 is 9.53 Å². The summed E-state index contributed by atoms with van der Waals surface area (Å²) in [5.41, 5.74) is 1.19. The third-order valence-corrected chi connectivity index (χ3v) is 4.64. The minimum Gasteiger partial charge on any atom is -0.497 e. The van der Waals surface area contributed by atoms with Crippen LogP contribution in [0.1, 0.15) is 32.8 Å². The quantitative estimate of drug-likeness (QED) is 0.659. The standard InChI is InChI=1S/C21H27N5O3/c1-21(2,3)26-19-17(13-24-26)20(28)25(14-23-19)11-9-18(27)22-10-8-15-6-5-7-16(12-15)29-4/h5-7,12-14H,8-11H2,1-4H3,(H,22,27). The number of hydrogen-bond acceptors (Lipinski definition) is 5. The van der Waals surface area contributed by atoms with Crippen molar-refractivity contribution in [3.8, 4) is 5.75 Å². The fourth-order valence-corrected chi connectivity index (χ4v) is 3.08. The first-order chi connectivity index (χ1) is 13.8. The van der Waals surface area contributed by atoms with Gasteiger partial charge in [0.1, 0.15) is 11.1 Å². The lowest BCUT2D eigenvalue weighted by Crippen LogP contribution is -2.29. The summed E-state index contributed by atoms with van der Waals surface area (Å²) in [7, 11) is 1.63. The van der Waals surface area contributed by atoms with E-state index in [4.69, 9.17) is 4.74 Å². The minimum absolute atomic E-state index is 0.106. The van der Waals surface area contributed by atoms with Gasteiger partial charge in [-0.15, -0.1) is 0 Å². The van der Waals surface area contributed by atoms with Crippen molar-refractivity contribution in [1.82, 2.24) is 24.6 Å². The third-order valence-electron chi connectivity index (χ3n) is 4.64. The number of ether oxygens (including phenoxy) is 1. The molecule has 0 aliphatic heterocycles. The van der Waals surface area contributed by atoms with Crippen molar-refractivity contribution >= 4 is 16.9 Å². The van der Waals surface area contributed by atoms with Gasteiger partial charge in [-0.05, 0) is 44.9 Å². The summed E-state index contributed by atoms with van der Waals surface area (Å²) in [6, 6.07) is 7.75. The van der Waals surface area contributed by atoms with Crippen molar-refractivity contribution in [3.63, 3.8) is 0 Å². The number of nitrogens with one attached hydrogen (secondary N) is 1. The van der Waals surface area contributed by atoms with Gasteiger partial charge in [0, 0.05) is 19.5 Å². The van der Waals surface area contributed by atoms with Gasteiger partial charge < -0.3 is 10.1 Å². The SMILES string of the molecule is COc1cccc(CCNC(=O)CCn2cnc3c(cnn3C(C)(C)C)c2=O)c1. The zero-order valence-electron chi connectivity index (χ0n) is 17.3. The van der Waals surface area contributed by atoms with Crippen molar-refractivity contribution in [2.24, 2.45) is 0 Å². The van der Waals surface area contributed by atoms with E-state index in [0.717, 1.165) is 11.3 Å². The Morgan fingerprint density at radius 3 is 2.79 bits per heavy atom. The van der Waals surface area contributed by atoms with Crippen molar-refractivity contribution in [1.29, 1.82) is 0 Å². The van der Waals surface area contributed by atoms with E-state index < -0.39 is 0 Å². The second-order valence-electron chi connectivity index (χ2n) is 7.91. The van der Waals surface area contributed by atoms with E-state index in [1.165, 1.54) is 10.9 Å². The van der Waals surface area contributed by atoms with Crippen LogP contribution in [0.3, 0.4) is 0 Å². The molecule has 0 saturated heterocycles. The van der Waals surface area contributed by atoms with E-state index >= 15 is 0 Å². The molecule has 0 spiro atoms. The highest BCUT2D eigenvalue weighted by Gasteiger charge is 2.19. The maximum Gasteiger partial charge on any atom is 0.264 e. The number of hydrogen-bond donors (Lipinski definition) is 1. The van der Waals surface area contributed by atoms with Crippen LogP contribution < -0.4 is 15.6 Å². The first-order valence-corrected chi connectivity index (χ1v) is 9.63. The van der Waals surface area contributed by atoms with Gasteiger partial charge in [-0.25, -0.2) is 9.67 Å². The van der Waals surface area contributed by atoms with Crippen LogP contribution in [0.4, 0.5) is 0 Å². The molecular formula is C21H27N5O3. The topological polar surface area (TPSA) is 91.0 Å². The second kappa shape index (κ2) is 8.46. The number of nitrogens with zero attached hydrogens (tertiary/aromatic N) is 4. The number of carbonyl (C=O) groups excluding carboxylic acids is 1.